The van der Waals surface area contributed by atoms with Gasteiger partial charge in [-0.25, -0.2) is 13.4 Å². The summed E-state index contributed by atoms with van der Waals surface area (Å²) in [6.45, 7) is 0.274. The first-order chi connectivity index (χ1) is 12.4. The van der Waals surface area contributed by atoms with Crippen molar-refractivity contribution in [3.05, 3.63) is 64.5 Å². The van der Waals surface area contributed by atoms with Gasteiger partial charge in [-0.05, 0) is 23.8 Å². The Morgan fingerprint density at radius 1 is 1.23 bits per heavy atom. The number of H-pyrrole nitrogens is 1. The maximum Gasteiger partial charge on any atom is 0.310 e. The zero-order valence-electron chi connectivity index (χ0n) is 13.7. The highest BCUT2D eigenvalue weighted by molar-refractivity contribution is 7.90. The number of anilines is 1. The van der Waals surface area contributed by atoms with Gasteiger partial charge < -0.3 is 5.32 Å². The van der Waals surface area contributed by atoms with E-state index in [1.165, 1.54) is 24.5 Å². The molecule has 26 heavy (non-hydrogen) atoms. The number of aromatic nitrogens is 3. The van der Waals surface area contributed by atoms with E-state index in [0.717, 1.165) is 17.4 Å². The predicted molar refractivity (Wildman–Crippen MR) is 95.4 cm³/mol. The predicted octanol–water partition coefficient (Wildman–Crippen LogP) is 2.40. The fraction of sp³-hybridized carbons (Fsp3) is 0.125. The summed E-state index contributed by atoms with van der Waals surface area (Å²) in [6.07, 6.45) is 2.35. The van der Waals surface area contributed by atoms with Crippen LogP contribution in [0, 0.1) is 10.1 Å². The van der Waals surface area contributed by atoms with Crippen LogP contribution in [0.3, 0.4) is 0 Å². The van der Waals surface area contributed by atoms with E-state index in [1.54, 1.807) is 0 Å². The van der Waals surface area contributed by atoms with Crippen LogP contribution < -0.4 is 5.32 Å². The number of rotatable bonds is 6. The van der Waals surface area contributed by atoms with Crippen molar-refractivity contribution < 1.29 is 13.3 Å². The minimum atomic E-state index is -3.72. The SMILES string of the molecule is CS(=O)(=O)c1cccc(NCc2cccc(-c3ncn[nH]3)c2)c1[N+](=O)[O-]. The molecule has 0 saturated carbocycles. The summed E-state index contributed by atoms with van der Waals surface area (Å²) >= 11 is 0. The third-order valence-corrected chi connectivity index (χ3v) is 4.81. The normalized spacial score (nSPS) is 11.3. The van der Waals surface area contributed by atoms with Gasteiger partial charge in [0.25, 0.3) is 0 Å². The molecule has 0 fully saturated rings. The van der Waals surface area contributed by atoms with Crippen LogP contribution in [0.1, 0.15) is 5.56 Å². The molecule has 1 heterocycles. The van der Waals surface area contributed by atoms with Crippen LogP contribution in [0.5, 0.6) is 0 Å². The Bertz CT molecular complexity index is 1050. The minimum absolute atomic E-state index is 0.142. The highest BCUT2D eigenvalue weighted by atomic mass is 32.2. The standard InChI is InChI=1S/C16H15N5O4S/c1-26(24,25)14-7-3-6-13(15(14)21(22)23)17-9-11-4-2-5-12(8-11)16-18-10-19-20-16/h2-8,10,17H,9H2,1H3,(H,18,19,20). The van der Waals surface area contributed by atoms with Gasteiger partial charge in [-0.15, -0.1) is 0 Å². The van der Waals surface area contributed by atoms with Crippen molar-refractivity contribution in [2.45, 2.75) is 11.4 Å². The van der Waals surface area contributed by atoms with Crippen molar-refractivity contribution in [1.29, 1.82) is 0 Å². The van der Waals surface area contributed by atoms with Crippen molar-refractivity contribution in [2.24, 2.45) is 0 Å². The second-order valence-electron chi connectivity index (χ2n) is 5.57. The Kier molecular flexibility index (Phi) is 4.67. The van der Waals surface area contributed by atoms with Crippen molar-refractivity contribution in [3.8, 4) is 11.4 Å². The summed E-state index contributed by atoms with van der Waals surface area (Å²) in [5.74, 6) is 0.608. The van der Waals surface area contributed by atoms with E-state index < -0.39 is 20.4 Å². The van der Waals surface area contributed by atoms with Crippen molar-refractivity contribution in [2.75, 3.05) is 11.6 Å². The molecule has 0 amide bonds. The summed E-state index contributed by atoms with van der Waals surface area (Å²) in [7, 11) is -3.72. The molecule has 1 aromatic heterocycles. The molecule has 3 aromatic rings. The third kappa shape index (κ3) is 3.70. The van der Waals surface area contributed by atoms with Crippen LogP contribution >= 0.6 is 0 Å². The van der Waals surface area contributed by atoms with Gasteiger partial charge in [0, 0.05) is 18.4 Å². The smallest absolute Gasteiger partial charge is 0.310 e. The second kappa shape index (κ2) is 6.92. The molecule has 3 rings (SSSR count). The molecule has 134 valence electrons. The van der Waals surface area contributed by atoms with Crippen LogP contribution in [0.25, 0.3) is 11.4 Å². The molecule has 0 aliphatic carbocycles. The average molecular weight is 373 g/mol. The van der Waals surface area contributed by atoms with Gasteiger partial charge >= 0.3 is 5.69 Å². The number of benzene rings is 2. The van der Waals surface area contributed by atoms with Crippen molar-refractivity contribution in [1.82, 2.24) is 15.2 Å². The largest absolute Gasteiger partial charge is 0.375 e. The number of para-hydroxylation sites is 1. The van der Waals surface area contributed by atoms with E-state index in [9.17, 15) is 18.5 Å². The van der Waals surface area contributed by atoms with Gasteiger partial charge in [-0.3, -0.25) is 15.2 Å². The Labute approximate surface area is 149 Å². The van der Waals surface area contributed by atoms with Gasteiger partial charge in [-0.1, -0.05) is 24.3 Å². The summed E-state index contributed by atoms with van der Waals surface area (Å²) in [5, 5.41) is 20.9. The van der Waals surface area contributed by atoms with E-state index in [0.29, 0.717) is 5.82 Å². The lowest BCUT2D eigenvalue weighted by Gasteiger charge is -2.10. The molecule has 10 heteroatoms. The fourth-order valence-electron chi connectivity index (χ4n) is 2.52. The monoisotopic (exact) mass is 373 g/mol. The molecule has 0 radical (unpaired) electrons. The lowest BCUT2D eigenvalue weighted by Crippen LogP contribution is -2.07. The van der Waals surface area contributed by atoms with E-state index in [2.05, 4.69) is 20.5 Å². The Balaban J connectivity index is 1.89. The average Bonchev–Trinajstić information content (AvgIpc) is 3.13. The summed E-state index contributed by atoms with van der Waals surface area (Å²) in [6, 6.07) is 11.6. The van der Waals surface area contributed by atoms with Crippen molar-refractivity contribution >= 4 is 21.2 Å². The van der Waals surface area contributed by atoms with Gasteiger partial charge in [0.1, 0.15) is 16.9 Å². The lowest BCUT2D eigenvalue weighted by molar-refractivity contribution is -0.386. The molecule has 0 saturated heterocycles. The number of hydrogen-bond acceptors (Lipinski definition) is 7. The molecule has 0 aliphatic rings. The first-order valence-electron chi connectivity index (χ1n) is 7.52. The maximum atomic E-state index is 11.8. The number of nitro groups is 1. The zero-order valence-corrected chi connectivity index (χ0v) is 14.5. The number of aromatic amines is 1. The summed E-state index contributed by atoms with van der Waals surface area (Å²) in [4.78, 5) is 14.5. The van der Waals surface area contributed by atoms with Gasteiger partial charge in [0.15, 0.2) is 15.7 Å². The number of nitrogens with one attached hydrogen (secondary N) is 2. The number of sulfone groups is 1. The Morgan fingerprint density at radius 2 is 2.00 bits per heavy atom. The van der Waals surface area contributed by atoms with E-state index >= 15 is 0 Å². The first-order valence-corrected chi connectivity index (χ1v) is 9.41. The van der Waals surface area contributed by atoms with Gasteiger partial charge in [0.05, 0.1) is 4.92 Å². The molecular weight excluding hydrogens is 358 g/mol. The minimum Gasteiger partial charge on any atom is -0.375 e. The first kappa shape index (κ1) is 17.5. The molecular formula is C16H15N5O4S. The maximum absolute atomic E-state index is 11.8. The number of hydrogen-bond donors (Lipinski definition) is 2. The van der Waals surface area contributed by atoms with Crippen molar-refractivity contribution in [3.63, 3.8) is 0 Å². The van der Waals surface area contributed by atoms with Crippen LogP contribution in [-0.4, -0.2) is 34.8 Å². The second-order valence-corrected chi connectivity index (χ2v) is 7.55. The topological polar surface area (TPSA) is 131 Å². The molecule has 0 unspecified atom stereocenters. The quantitative estimate of drug-likeness (QED) is 0.501. The molecule has 0 bridgehead atoms. The fourth-order valence-corrected chi connectivity index (χ4v) is 3.38. The molecule has 0 atom stereocenters. The summed E-state index contributed by atoms with van der Waals surface area (Å²) < 4.78 is 23.6. The van der Waals surface area contributed by atoms with Crippen LogP contribution in [0.2, 0.25) is 0 Å². The van der Waals surface area contributed by atoms with Crippen LogP contribution in [0.4, 0.5) is 11.4 Å². The van der Waals surface area contributed by atoms with Gasteiger partial charge in [-0.2, -0.15) is 5.10 Å². The van der Waals surface area contributed by atoms with Crippen LogP contribution in [0.15, 0.2) is 53.7 Å². The lowest BCUT2D eigenvalue weighted by atomic mass is 10.1. The molecule has 2 aromatic carbocycles. The zero-order chi connectivity index (χ0) is 18.7. The highest BCUT2D eigenvalue weighted by Crippen LogP contribution is 2.32. The molecule has 0 aliphatic heterocycles. The molecule has 2 N–H and O–H groups in total. The molecule has 9 nitrogen and oxygen atoms in total. The van der Waals surface area contributed by atoms with Crippen LogP contribution in [-0.2, 0) is 16.4 Å². The summed E-state index contributed by atoms with van der Waals surface area (Å²) in [5.41, 5.74) is 1.35. The highest BCUT2D eigenvalue weighted by Gasteiger charge is 2.25. The molecule has 0 spiro atoms. The van der Waals surface area contributed by atoms with E-state index in [4.69, 9.17) is 0 Å². The number of nitro benzene ring substituents is 1. The Hall–Kier alpha value is -3.27. The third-order valence-electron chi connectivity index (χ3n) is 3.68. The Morgan fingerprint density at radius 3 is 2.65 bits per heavy atom. The van der Waals surface area contributed by atoms with Gasteiger partial charge in [0.2, 0.25) is 0 Å². The van der Waals surface area contributed by atoms with E-state index in [1.807, 2.05) is 24.3 Å². The number of nitrogens with zero attached hydrogens (tertiary/aromatic N) is 3. The van der Waals surface area contributed by atoms with E-state index in [-0.39, 0.29) is 17.1 Å².